The normalized spacial score (nSPS) is 22.3. The summed E-state index contributed by atoms with van der Waals surface area (Å²) in [5.41, 5.74) is 7.82. The van der Waals surface area contributed by atoms with Gasteiger partial charge in [-0.15, -0.1) is 0 Å². The summed E-state index contributed by atoms with van der Waals surface area (Å²) < 4.78 is 4.94. The van der Waals surface area contributed by atoms with Gasteiger partial charge in [0, 0.05) is 6.04 Å². The number of ether oxygens (including phenoxy) is 1. The summed E-state index contributed by atoms with van der Waals surface area (Å²) in [5, 5.41) is 12.9. The van der Waals surface area contributed by atoms with Crippen LogP contribution in [0.5, 0.6) is 0 Å². The number of rotatable bonds is 4. The lowest BCUT2D eigenvalue weighted by molar-refractivity contribution is 0.0526. The Morgan fingerprint density at radius 1 is 1.40 bits per heavy atom. The fourth-order valence-corrected chi connectivity index (χ4v) is 2.48. The van der Waals surface area contributed by atoms with Crippen molar-refractivity contribution in [1.29, 1.82) is 0 Å². The number of esters is 1. The van der Waals surface area contributed by atoms with Gasteiger partial charge in [0.2, 0.25) is 0 Å². The molecule has 1 aromatic rings. The minimum Gasteiger partial charge on any atom is -0.462 e. The molecule has 5 nitrogen and oxygen atoms in total. The molecule has 0 bridgehead atoms. The van der Waals surface area contributed by atoms with E-state index in [0.29, 0.717) is 23.9 Å². The molecule has 1 aliphatic rings. The second-order valence-electron chi connectivity index (χ2n) is 5.17. The number of benzene rings is 1. The van der Waals surface area contributed by atoms with E-state index >= 15 is 0 Å². The second kappa shape index (κ2) is 6.61. The quantitative estimate of drug-likeness (QED) is 0.580. The first-order valence-electron chi connectivity index (χ1n) is 7.11. The first-order valence-corrected chi connectivity index (χ1v) is 7.11. The number of carbonyl (C=O) groups is 1. The predicted molar refractivity (Wildman–Crippen MR) is 78.7 cm³/mol. The van der Waals surface area contributed by atoms with Gasteiger partial charge in [0.25, 0.3) is 0 Å². The number of hydrogen-bond donors (Lipinski definition) is 3. The Bertz CT molecular complexity index is 468. The Balaban J connectivity index is 2.00. The van der Waals surface area contributed by atoms with Crippen molar-refractivity contribution < 1.29 is 14.6 Å². The number of anilines is 2. The molecule has 4 N–H and O–H groups in total. The number of aliphatic hydroxyl groups excluding tert-OH is 1. The monoisotopic (exact) mass is 278 g/mol. The van der Waals surface area contributed by atoms with Crippen LogP contribution in [0.25, 0.3) is 0 Å². The third-order valence-electron chi connectivity index (χ3n) is 3.62. The maximum Gasteiger partial charge on any atom is 0.338 e. The van der Waals surface area contributed by atoms with Crippen LogP contribution in [0.2, 0.25) is 0 Å². The average Bonchev–Trinajstić information content (AvgIpc) is 2.43. The van der Waals surface area contributed by atoms with E-state index in [1.807, 2.05) is 6.07 Å². The van der Waals surface area contributed by atoms with Gasteiger partial charge in [-0.1, -0.05) is 0 Å². The van der Waals surface area contributed by atoms with Gasteiger partial charge in [-0.25, -0.2) is 4.79 Å². The first kappa shape index (κ1) is 14.7. The van der Waals surface area contributed by atoms with Gasteiger partial charge in [-0.3, -0.25) is 0 Å². The number of nitrogens with two attached hydrogens (primary N) is 1. The van der Waals surface area contributed by atoms with Crippen molar-refractivity contribution in [1.82, 2.24) is 0 Å². The molecule has 20 heavy (non-hydrogen) atoms. The number of carbonyl (C=O) groups excluding carboxylic acids is 1. The molecular weight excluding hydrogens is 256 g/mol. The van der Waals surface area contributed by atoms with E-state index in [-0.39, 0.29) is 12.1 Å². The molecular formula is C15H22N2O3. The zero-order chi connectivity index (χ0) is 14.5. The molecule has 0 saturated heterocycles. The van der Waals surface area contributed by atoms with Crippen LogP contribution >= 0.6 is 0 Å². The van der Waals surface area contributed by atoms with Crippen molar-refractivity contribution in [2.75, 3.05) is 17.7 Å². The molecule has 1 aromatic carbocycles. The predicted octanol–water partition coefficient (Wildman–Crippen LogP) is 2.16. The molecule has 0 heterocycles. The van der Waals surface area contributed by atoms with E-state index in [1.165, 1.54) is 0 Å². The molecule has 0 aliphatic heterocycles. The summed E-state index contributed by atoms with van der Waals surface area (Å²) in [4.78, 5) is 11.6. The van der Waals surface area contributed by atoms with Crippen LogP contribution in [0.3, 0.4) is 0 Å². The molecule has 0 amide bonds. The average molecular weight is 278 g/mol. The maximum absolute atomic E-state index is 11.6. The molecule has 0 atom stereocenters. The lowest BCUT2D eigenvalue weighted by atomic mass is 9.93. The van der Waals surface area contributed by atoms with E-state index in [4.69, 9.17) is 10.5 Å². The van der Waals surface area contributed by atoms with Crippen LogP contribution in [0.4, 0.5) is 11.4 Å². The van der Waals surface area contributed by atoms with Gasteiger partial charge in [0.05, 0.1) is 29.6 Å². The van der Waals surface area contributed by atoms with Gasteiger partial charge in [0.15, 0.2) is 0 Å². The molecule has 1 fully saturated rings. The second-order valence-corrected chi connectivity index (χ2v) is 5.17. The largest absolute Gasteiger partial charge is 0.462 e. The summed E-state index contributed by atoms with van der Waals surface area (Å²) in [6.45, 7) is 2.12. The van der Waals surface area contributed by atoms with Crippen molar-refractivity contribution in [3.05, 3.63) is 23.8 Å². The molecule has 0 aromatic heterocycles. The highest BCUT2D eigenvalue weighted by atomic mass is 16.5. The smallest absolute Gasteiger partial charge is 0.338 e. The third kappa shape index (κ3) is 3.63. The van der Waals surface area contributed by atoms with Crippen molar-refractivity contribution >= 4 is 17.3 Å². The lowest BCUT2D eigenvalue weighted by Crippen LogP contribution is -2.28. The first-order chi connectivity index (χ1) is 9.60. The van der Waals surface area contributed by atoms with Gasteiger partial charge >= 0.3 is 5.97 Å². The van der Waals surface area contributed by atoms with Gasteiger partial charge in [-0.05, 0) is 50.8 Å². The summed E-state index contributed by atoms with van der Waals surface area (Å²) in [5.74, 6) is -0.355. The standard InChI is InChI=1S/C15H22N2O3/c1-2-20-15(19)10-3-8-14(13(16)9-10)17-11-4-6-12(18)7-5-11/h3,8-9,11-12,17-18H,2,4-7,16H2,1H3. The Morgan fingerprint density at radius 2 is 2.10 bits per heavy atom. The minimum absolute atomic E-state index is 0.170. The molecule has 1 saturated carbocycles. The highest BCUT2D eigenvalue weighted by molar-refractivity contribution is 5.91. The fourth-order valence-electron chi connectivity index (χ4n) is 2.48. The number of nitrogen functional groups attached to an aromatic ring is 1. The Labute approximate surface area is 119 Å². The van der Waals surface area contributed by atoms with E-state index in [2.05, 4.69) is 5.32 Å². The van der Waals surface area contributed by atoms with Crippen LogP contribution in [0, 0.1) is 0 Å². The molecule has 110 valence electrons. The number of hydrogen-bond acceptors (Lipinski definition) is 5. The van der Waals surface area contributed by atoms with E-state index in [9.17, 15) is 9.90 Å². The molecule has 0 radical (unpaired) electrons. The maximum atomic E-state index is 11.6. The van der Waals surface area contributed by atoms with Crippen LogP contribution < -0.4 is 11.1 Å². The van der Waals surface area contributed by atoms with Crippen molar-refractivity contribution in [2.45, 2.75) is 44.8 Å². The number of nitrogens with one attached hydrogen (secondary N) is 1. The van der Waals surface area contributed by atoms with Crippen LogP contribution in [0.1, 0.15) is 43.0 Å². The fraction of sp³-hybridized carbons (Fsp3) is 0.533. The Morgan fingerprint density at radius 3 is 2.70 bits per heavy atom. The zero-order valence-electron chi connectivity index (χ0n) is 11.8. The van der Waals surface area contributed by atoms with E-state index in [1.54, 1.807) is 19.1 Å². The zero-order valence-corrected chi connectivity index (χ0v) is 11.8. The van der Waals surface area contributed by atoms with Crippen molar-refractivity contribution in [3.63, 3.8) is 0 Å². The third-order valence-corrected chi connectivity index (χ3v) is 3.62. The summed E-state index contributed by atoms with van der Waals surface area (Å²) in [6, 6.07) is 5.49. The van der Waals surface area contributed by atoms with E-state index in [0.717, 1.165) is 31.4 Å². The molecule has 0 spiro atoms. The van der Waals surface area contributed by atoms with Crippen LogP contribution in [0.15, 0.2) is 18.2 Å². The summed E-state index contributed by atoms with van der Waals surface area (Å²) in [6.07, 6.45) is 3.33. The highest BCUT2D eigenvalue weighted by Gasteiger charge is 2.20. The minimum atomic E-state index is -0.355. The summed E-state index contributed by atoms with van der Waals surface area (Å²) in [7, 11) is 0. The highest BCUT2D eigenvalue weighted by Crippen LogP contribution is 2.26. The molecule has 5 heteroatoms. The van der Waals surface area contributed by atoms with Gasteiger partial charge in [-0.2, -0.15) is 0 Å². The van der Waals surface area contributed by atoms with Crippen molar-refractivity contribution in [2.24, 2.45) is 0 Å². The topological polar surface area (TPSA) is 84.6 Å². The van der Waals surface area contributed by atoms with Crippen molar-refractivity contribution in [3.8, 4) is 0 Å². The lowest BCUT2D eigenvalue weighted by Gasteiger charge is -2.27. The summed E-state index contributed by atoms with van der Waals surface area (Å²) >= 11 is 0. The number of aliphatic hydroxyl groups is 1. The van der Waals surface area contributed by atoms with Crippen LogP contribution in [-0.4, -0.2) is 29.8 Å². The molecule has 0 unspecified atom stereocenters. The van der Waals surface area contributed by atoms with Gasteiger partial charge < -0.3 is 20.9 Å². The molecule has 2 rings (SSSR count). The van der Waals surface area contributed by atoms with Gasteiger partial charge in [0.1, 0.15) is 0 Å². The van der Waals surface area contributed by atoms with E-state index < -0.39 is 0 Å². The molecule has 1 aliphatic carbocycles. The Hall–Kier alpha value is -1.75. The Kier molecular flexibility index (Phi) is 4.84. The van der Waals surface area contributed by atoms with Crippen LogP contribution in [-0.2, 0) is 4.74 Å². The SMILES string of the molecule is CCOC(=O)c1ccc(NC2CCC(O)CC2)c(N)c1.